The van der Waals surface area contributed by atoms with E-state index < -0.39 is 0 Å². The first-order valence-electron chi connectivity index (χ1n) is 5.44. The third kappa shape index (κ3) is 2.78. The van der Waals surface area contributed by atoms with Crippen molar-refractivity contribution >= 4 is 17.2 Å². The average Bonchev–Trinajstić information content (AvgIpc) is 2.84. The summed E-state index contributed by atoms with van der Waals surface area (Å²) in [7, 11) is 0. The van der Waals surface area contributed by atoms with Crippen molar-refractivity contribution in [1.29, 1.82) is 0 Å². The Morgan fingerprint density at radius 2 is 2.33 bits per heavy atom. The lowest BCUT2D eigenvalue weighted by molar-refractivity contribution is -0.124. The fourth-order valence-electron chi connectivity index (χ4n) is 1.98. The number of hydrogen-bond acceptors (Lipinski definition) is 3. The number of nitrogens with one attached hydrogen (secondary N) is 1. The average molecular weight is 224 g/mol. The first-order chi connectivity index (χ1) is 7.25. The summed E-state index contributed by atoms with van der Waals surface area (Å²) < 4.78 is 0. The molecule has 1 heterocycles. The smallest absolute Gasteiger partial charge is 0.223 e. The Labute approximate surface area is 93.9 Å². The third-order valence-electron chi connectivity index (χ3n) is 2.81. The van der Waals surface area contributed by atoms with Gasteiger partial charge in [-0.15, -0.1) is 11.3 Å². The number of aromatic nitrogens is 1. The molecule has 1 amide bonds. The number of nitrogens with zero attached hydrogens (tertiary/aromatic N) is 1. The highest BCUT2D eigenvalue weighted by Gasteiger charge is 2.22. The first-order valence-corrected chi connectivity index (χ1v) is 6.32. The number of carbonyl (C=O) groups is 1. The molecule has 0 atom stereocenters. The molecule has 0 spiro atoms. The Balaban J connectivity index is 1.80. The minimum Gasteiger partial charge on any atom is -0.349 e. The molecule has 0 aliphatic heterocycles. The van der Waals surface area contributed by atoms with Crippen LogP contribution < -0.4 is 5.32 Å². The second-order valence-electron chi connectivity index (χ2n) is 4.08. The number of carbonyl (C=O) groups excluding carboxylic acids is 1. The van der Waals surface area contributed by atoms with E-state index in [1.807, 2.05) is 12.3 Å². The number of aryl methyl sites for hydroxylation is 1. The van der Waals surface area contributed by atoms with Crippen molar-refractivity contribution in [1.82, 2.24) is 10.3 Å². The zero-order valence-corrected chi connectivity index (χ0v) is 9.77. The summed E-state index contributed by atoms with van der Waals surface area (Å²) >= 11 is 1.61. The van der Waals surface area contributed by atoms with Crippen LogP contribution in [-0.4, -0.2) is 10.9 Å². The number of thiazole rings is 1. The predicted molar refractivity (Wildman–Crippen MR) is 60.7 cm³/mol. The highest BCUT2D eigenvalue weighted by molar-refractivity contribution is 7.09. The SMILES string of the molecule is Cc1csc(CNC(=O)C2CCCC2)n1. The fourth-order valence-corrected chi connectivity index (χ4v) is 2.69. The van der Waals surface area contributed by atoms with Gasteiger partial charge in [-0.05, 0) is 19.8 Å². The number of hydrogen-bond donors (Lipinski definition) is 1. The molecule has 0 aromatic carbocycles. The zero-order valence-electron chi connectivity index (χ0n) is 8.95. The van der Waals surface area contributed by atoms with Gasteiger partial charge in [-0.1, -0.05) is 12.8 Å². The molecule has 0 bridgehead atoms. The van der Waals surface area contributed by atoms with Gasteiger partial charge < -0.3 is 5.32 Å². The van der Waals surface area contributed by atoms with Crippen LogP contribution in [0.25, 0.3) is 0 Å². The molecular formula is C11H16N2OS. The molecule has 0 unspecified atom stereocenters. The molecular weight excluding hydrogens is 208 g/mol. The van der Waals surface area contributed by atoms with Crippen LogP contribution in [0.2, 0.25) is 0 Å². The van der Waals surface area contributed by atoms with Crippen molar-refractivity contribution in [3.63, 3.8) is 0 Å². The number of rotatable bonds is 3. The predicted octanol–water partition coefficient (Wildman–Crippen LogP) is 2.26. The van der Waals surface area contributed by atoms with Crippen LogP contribution in [0.15, 0.2) is 5.38 Å². The van der Waals surface area contributed by atoms with E-state index >= 15 is 0 Å². The normalized spacial score (nSPS) is 16.9. The molecule has 0 radical (unpaired) electrons. The minimum atomic E-state index is 0.209. The molecule has 1 aliphatic carbocycles. The Hall–Kier alpha value is -0.900. The highest BCUT2D eigenvalue weighted by atomic mass is 32.1. The highest BCUT2D eigenvalue weighted by Crippen LogP contribution is 2.24. The summed E-state index contributed by atoms with van der Waals surface area (Å²) in [6.45, 7) is 2.56. The summed E-state index contributed by atoms with van der Waals surface area (Å²) in [6, 6.07) is 0. The van der Waals surface area contributed by atoms with Crippen LogP contribution in [-0.2, 0) is 11.3 Å². The van der Waals surface area contributed by atoms with Crippen LogP contribution in [0.4, 0.5) is 0 Å². The Morgan fingerprint density at radius 3 is 2.93 bits per heavy atom. The van der Waals surface area contributed by atoms with Crippen molar-refractivity contribution in [2.24, 2.45) is 5.92 Å². The van der Waals surface area contributed by atoms with Gasteiger partial charge in [0.25, 0.3) is 0 Å². The van der Waals surface area contributed by atoms with E-state index in [9.17, 15) is 4.79 Å². The molecule has 1 aromatic rings. The van der Waals surface area contributed by atoms with Gasteiger partial charge in [0.1, 0.15) is 5.01 Å². The molecule has 2 rings (SSSR count). The maximum atomic E-state index is 11.7. The Bertz CT molecular complexity index is 342. The van der Waals surface area contributed by atoms with Gasteiger partial charge in [-0.25, -0.2) is 4.98 Å². The van der Waals surface area contributed by atoms with E-state index in [0.717, 1.165) is 23.5 Å². The van der Waals surface area contributed by atoms with E-state index in [1.54, 1.807) is 11.3 Å². The lowest BCUT2D eigenvalue weighted by Crippen LogP contribution is -2.28. The van der Waals surface area contributed by atoms with E-state index in [0.29, 0.717) is 6.54 Å². The monoisotopic (exact) mass is 224 g/mol. The van der Waals surface area contributed by atoms with Crippen LogP contribution in [0, 0.1) is 12.8 Å². The first kappa shape index (κ1) is 10.6. The molecule has 4 heteroatoms. The zero-order chi connectivity index (χ0) is 10.7. The molecule has 1 N–H and O–H groups in total. The Morgan fingerprint density at radius 1 is 1.60 bits per heavy atom. The van der Waals surface area contributed by atoms with Crippen molar-refractivity contribution in [2.45, 2.75) is 39.2 Å². The quantitative estimate of drug-likeness (QED) is 0.855. The van der Waals surface area contributed by atoms with Crippen LogP contribution in [0.5, 0.6) is 0 Å². The van der Waals surface area contributed by atoms with Gasteiger partial charge in [0.05, 0.1) is 6.54 Å². The van der Waals surface area contributed by atoms with Crippen molar-refractivity contribution in [2.75, 3.05) is 0 Å². The van der Waals surface area contributed by atoms with E-state index in [2.05, 4.69) is 10.3 Å². The molecule has 15 heavy (non-hydrogen) atoms. The van der Waals surface area contributed by atoms with Gasteiger partial charge in [0.15, 0.2) is 0 Å². The van der Waals surface area contributed by atoms with Gasteiger partial charge >= 0.3 is 0 Å². The second-order valence-corrected chi connectivity index (χ2v) is 5.02. The van der Waals surface area contributed by atoms with Crippen molar-refractivity contribution < 1.29 is 4.79 Å². The van der Waals surface area contributed by atoms with Crippen LogP contribution in [0.1, 0.15) is 36.4 Å². The van der Waals surface area contributed by atoms with Crippen molar-refractivity contribution in [3.05, 3.63) is 16.1 Å². The van der Waals surface area contributed by atoms with E-state index in [-0.39, 0.29) is 11.8 Å². The van der Waals surface area contributed by atoms with Gasteiger partial charge in [-0.3, -0.25) is 4.79 Å². The van der Waals surface area contributed by atoms with E-state index in [1.165, 1.54) is 12.8 Å². The van der Waals surface area contributed by atoms with Gasteiger partial charge in [0.2, 0.25) is 5.91 Å². The minimum absolute atomic E-state index is 0.209. The summed E-state index contributed by atoms with van der Waals surface area (Å²) in [4.78, 5) is 16.0. The summed E-state index contributed by atoms with van der Waals surface area (Å²) in [5, 5.41) is 5.97. The molecule has 1 saturated carbocycles. The molecule has 3 nitrogen and oxygen atoms in total. The van der Waals surface area contributed by atoms with Crippen LogP contribution >= 0.6 is 11.3 Å². The van der Waals surface area contributed by atoms with E-state index in [4.69, 9.17) is 0 Å². The maximum Gasteiger partial charge on any atom is 0.223 e. The second kappa shape index (κ2) is 4.75. The topological polar surface area (TPSA) is 42.0 Å². The maximum absolute atomic E-state index is 11.7. The fraction of sp³-hybridized carbons (Fsp3) is 0.636. The Kier molecular flexibility index (Phi) is 3.36. The molecule has 1 aromatic heterocycles. The lowest BCUT2D eigenvalue weighted by Gasteiger charge is -2.08. The van der Waals surface area contributed by atoms with Gasteiger partial charge in [-0.2, -0.15) is 0 Å². The van der Waals surface area contributed by atoms with Gasteiger partial charge in [0, 0.05) is 17.0 Å². The number of amides is 1. The van der Waals surface area contributed by atoms with Crippen molar-refractivity contribution in [3.8, 4) is 0 Å². The molecule has 1 aliphatic rings. The molecule has 0 saturated heterocycles. The standard InChI is InChI=1S/C11H16N2OS/c1-8-7-15-10(13-8)6-12-11(14)9-4-2-3-5-9/h7,9H,2-6H2,1H3,(H,12,14). The summed E-state index contributed by atoms with van der Waals surface area (Å²) in [5.74, 6) is 0.464. The third-order valence-corrected chi connectivity index (χ3v) is 3.77. The summed E-state index contributed by atoms with van der Waals surface area (Å²) in [5.41, 5.74) is 1.03. The lowest BCUT2D eigenvalue weighted by atomic mass is 10.1. The molecule has 1 fully saturated rings. The van der Waals surface area contributed by atoms with Crippen LogP contribution in [0.3, 0.4) is 0 Å². The molecule has 82 valence electrons. The summed E-state index contributed by atoms with van der Waals surface area (Å²) in [6.07, 6.45) is 4.52. The largest absolute Gasteiger partial charge is 0.349 e.